The van der Waals surface area contributed by atoms with E-state index in [0.29, 0.717) is 6.61 Å². The summed E-state index contributed by atoms with van der Waals surface area (Å²) in [5.74, 6) is 0.924. The summed E-state index contributed by atoms with van der Waals surface area (Å²) in [5, 5.41) is 5.41. The summed E-state index contributed by atoms with van der Waals surface area (Å²) in [6.07, 6.45) is 3.37. The maximum Gasteiger partial charge on any atom is 0.122 e. The summed E-state index contributed by atoms with van der Waals surface area (Å²) in [5.41, 5.74) is 2.73. The van der Waals surface area contributed by atoms with Crippen LogP contribution < -0.4 is 10.1 Å². The third-order valence-corrected chi connectivity index (χ3v) is 4.96. The molecule has 104 valence electrons. The molecule has 4 heteroatoms. The number of rotatable bonds is 4. The number of nitrogens with one attached hydrogen (secondary N) is 1. The van der Waals surface area contributed by atoms with Crippen LogP contribution in [0.4, 0.5) is 0 Å². The van der Waals surface area contributed by atoms with E-state index < -0.39 is 0 Å². The van der Waals surface area contributed by atoms with Crippen LogP contribution in [0.25, 0.3) is 5.57 Å². The van der Waals surface area contributed by atoms with Gasteiger partial charge in [0.05, 0.1) is 0 Å². The van der Waals surface area contributed by atoms with Crippen LogP contribution in [0.2, 0.25) is 0 Å². The molecule has 0 saturated heterocycles. The molecular weight excluding hydrogens is 334 g/mol. The van der Waals surface area contributed by atoms with E-state index in [-0.39, 0.29) is 0 Å². The largest absolute Gasteiger partial charge is 0.488 e. The molecule has 1 aliphatic rings. The van der Waals surface area contributed by atoms with E-state index in [0.717, 1.165) is 29.7 Å². The van der Waals surface area contributed by atoms with E-state index in [1.807, 2.05) is 0 Å². The quantitative estimate of drug-likeness (QED) is 0.879. The molecule has 0 spiro atoms. The Kier molecular flexibility index (Phi) is 4.55. The van der Waals surface area contributed by atoms with E-state index in [9.17, 15) is 0 Å². The average Bonchev–Trinajstić information content (AvgIpc) is 2.92. The first-order valence-electron chi connectivity index (χ1n) is 6.67. The fourth-order valence-corrected chi connectivity index (χ4v) is 3.60. The number of benzene rings is 1. The summed E-state index contributed by atoms with van der Waals surface area (Å²) in [6.45, 7) is 2.67. The molecule has 20 heavy (non-hydrogen) atoms. The van der Waals surface area contributed by atoms with Crippen molar-refractivity contribution in [2.24, 2.45) is 0 Å². The van der Waals surface area contributed by atoms with Gasteiger partial charge in [0.15, 0.2) is 0 Å². The van der Waals surface area contributed by atoms with Crippen molar-refractivity contribution < 1.29 is 4.74 Å². The van der Waals surface area contributed by atoms with Crippen LogP contribution in [-0.2, 0) is 6.61 Å². The van der Waals surface area contributed by atoms with E-state index in [4.69, 9.17) is 4.74 Å². The Morgan fingerprint density at radius 3 is 2.75 bits per heavy atom. The van der Waals surface area contributed by atoms with Crippen molar-refractivity contribution in [2.75, 3.05) is 13.1 Å². The second kappa shape index (κ2) is 6.57. The highest BCUT2D eigenvalue weighted by molar-refractivity contribution is 9.10. The molecule has 0 unspecified atom stereocenters. The van der Waals surface area contributed by atoms with Crippen molar-refractivity contribution in [1.29, 1.82) is 0 Å². The van der Waals surface area contributed by atoms with E-state index in [1.54, 1.807) is 11.3 Å². The van der Waals surface area contributed by atoms with Crippen LogP contribution in [-0.4, -0.2) is 13.1 Å². The molecule has 1 aliphatic heterocycles. The minimum absolute atomic E-state index is 0.627. The second-order valence-electron chi connectivity index (χ2n) is 4.73. The van der Waals surface area contributed by atoms with Gasteiger partial charge in [-0.1, -0.05) is 18.2 Å². The lowest BCUT2D eigenvalue weighted by Crippen LogP contribution is -2.19. The SMILES string of the molecule is Brc1csc(COc2ccc(C3=CCNCC3)cc2)c1. The zero-order valence-corrected chi connectivity index (χ0v) is 13.5. The molecule has 0 aliphatic carbocycles. The molecule has 2 nitrogen and oxygen atoms in total. The predicted octanol–water partition coefficient (Wildman–Crippen LogP) is 4.47. The van der Waals surface area contributed by atoms with E-state index >= 15 is 0 Å². The maximum atomic E-state index is 5.81. The highest BCUT2D eigenvalue weighted by atomic mass is 79.9. The Hall–Kier alpha value is -1.10. The molecule has 2 heterocycles. The highest BCUT2D eigenvalue weighted by Gasteiger charge is 2.06. The number of hydrogen-bond donors (Lipinski definition) is 1. The maximum absolute atomic E-state index is 5.81. The molecule has 0 radical (unpaired) electrons. The van der Waals surface area contributed by atoms with E-state index in [1.165, 1.54) is 16.0 Å². The fourth-order valence-electron chi connectivity index (χ4n) is 2.23. The first-order valence-corrected chi connectivity index (χ1v) is 8.34. The van der Waals surface area contributed by atoms with Crippen molar-refractivity contribution in [3.63, 3.8) is 0 Å². The molecule has 2 aromatic rings. The summed E-state index contributed by atoms with van der Waals surface area (Å²) in [6, 6.07) is 10.5. The van der Waals surface area contributed by atoms with E-state index in [2.05, 4.69) is 63.0 Å². The molecule has 0 fully saturated rings. The van der Waals surface area contributed by atoms with Crippen molar-refractivity contribution in [1.82, 2.24) is 5.32 Å². The standard InChI is InChI=1S/C16H16BrNOS/c17-14-9-16(20-11-14)10-19-15-3-1-12(2-4-15)13-5-7-18-8-6-13/h1-5,9,11,18H,6-8,10H2. The molecule has 1 aromatic heterocycles. The molecule has 0 saturated carbocycles. The van der Waals surface area contributed by atoms with Gasteiger partial charge in [0.2, 0.25) is 0 Å². The fraction of sp³-hybridized carbons (Fsp3) is 0.250. The van der Waals surface area contributed by atoms with Gasteiger partial charge in [0.25, 0.3) is 0 Å². The predicted molar refractivity (Wildman–Crippen MR) is 88.3 cm³/mol. The highest BCUT2D eigenvalue weighted by Crippen LogP contribution is 2.24. The Labute approximate surface area is 131 Å². The van der Waals surface area contributed by atoms with Crippen molar-refractivity contribution >= 4 is 32.8 Å². The van der Waals surface area contributed by atoms with Crippen molar-refractivity contribution in [3.8, 4) is 5.75 Å². The lowest BCUT2D eigenvalue weighted by atomic mass is 10.0. The van der Waals surface area contributed by atoms with Gasteiger partial charge >= 0.3 is 0 Å². The Morgan fingerprint density at radius 2 is 2.10 bits per heavy atom. The number of halogens is 1. The van der Waals surface area contributed by atoms with Gasteiger partial charge in [0, 0.05) is 21.3 Å². The van der Waals surface area contributed by atoms with Gasteiger partial charge in [-0.15, -0.1) is 11.3 Å². The topological polar surface area (TPSA) is 21.3 Å². The van der Waals surface area contributed by atoms with Gasteiger partial charge in [-0.3, -0.25) is 0 Å². The van der Waals surface area contributed by atoms with Crippen LogP contribution in [0.3, 0.4) is 0 Å². The van der Waals surface area contributed by atoms with Crippen LogP contribution in [0, 0.1) is 0 Å². The monoisotopic (exact) mass is 349 g/mol. The van der Waals surface area contributed by atoms with Gasteiger partial charge in [0.1, 0.15) is 12.4 Å². The number of ether oxygens (including phenoxy) is 1. The summed E-state index contributed by atoms with van der Waals surface area (Å²) in [7, 11) is 0. The number of hydrogen-bond acceptors (Lipinski definition) is 3. The summed E-state index contributed by atoms with van der Waals surface area (Å²) < 4.78 is 6.93. The zero-order chi connectivity index (χ0) is 13.8. The van der Waals surface area contributed by atoms with Gasteiger partial charge in [-0.2, -0.15) is 0 Å². The van der Waals surface area contributed by atoms with Crippen LogP contribution in [0.15, 0.2) is 46.3 Å². The van der Waals surface area contributed by atoms with Gasteiger partial charge in [-0.05, 0) is 58.2 Å². The normalized spacial score (nSPS) is 14.9. The Morgan fingerprint density at radius 1 is 1.25 bits per heavy atom. The second-order valence-corrected chi connectivity index (χ2v) is 6.64. The van der Waals surface area contributed by atoms with Crippen LogP contribution in [0.1, 0.15) is 16.9 Å². The summed E-state index contributed by atoms with van der Waals surface area (Å²) in [4.78, 5) is 1.22. The van der Waals surface area contributed by atoms with Gasteiger partial charge in [-0.25, -0.2) is 0 Å². The third-order valence-electron chi connectivity index (χ3n) is 3.29. The van der Waals surface area contributed by atoms with Crippen molar-refractivity contribution in [2.45, 2.75) is 13.0 Å². The lowest BCUT2D eigenvalue weighted by molar-refractivity contribution is 0.310. The van der Waals surface area contributed by atoms with Gasteiger partial charge < -0.3 is 10.1 Å². The molecule has 1 N–H and O–H groups in total. The first-order chi connectivity index (χ1) is 9.81. The zero-order valence-electron chi connectivity index (χ0n) is 11.1. The lowest BCUT2D eigenvalue weighted by Gasteiger charge is -2.14. The first kappa shape index (κ1) is 13.9. The molecule has 3 rings (SSSR count). The smallest absolute Gasteiger partial charge is 0.122 e. The average molecular weight is 350 g/mol. The Balaban J connectivity index is 1.62. The van der Waals surface area contributed by atoms with Crippen LogP contribution in [0.5, 0.6) is 5.75 Å². The summed E-state index contributed by atoms with van der Waals surface area (Å²) >= 11 is 5.16. The Bertz CT molecular complexity index is 603. The molecule has 1 aromatic carbocycles. The minimum Gasteiger partial charge on any atom is -0.488 e. The molecular formula is C16H16BrNOS. The molecule has 0 bridgehead atoms. The third kappa shape index (κ3) is 3.51. The minimum atomic E-state index is 0.627. The number of thiophene rings is 1. The van der Waals surface area contributed by atoms with Crippen LogP contribution >= 0.6 is 27.3 Å². The van der Waals surface area contributed by atoms with Crippen molar-refractivity contribution in [3.05, 3.63) is 56.7 Å². The molecule has 0 amide bonds. The molecule has 0 atom stereocenters.